The molecule has 0 aromatic carbocycles. The van der Waals surface area contributed by atoms with E-state index < -0.39 is 42.3 Å². The molecule has 9 atom stereocenters. The fraction of sp³-hybridized carbons (Fsp3) is 0.618. The topological polar surface area (TPSA) is 110 Å². The van der Waals surface area contributed by atoms with E-state index >= 15 is 0 Å². The van der Waals surface area contributed by atoms with Crippen LogP contribution in [-0.4, -0.2) is 73.3 Å². The molecule has 4 aliphatic rings. The molecule has 4 rings (SSSR count). The number of rotatable bonds is 5. The molecule has 0 radical (unpaired) electrons. The van der Waals surface area contributed by atoms with Crippen LogP contribution in [0.25, 0.3) is 0 Å². The van der Waals surface area contributed by atoms with E-state index in [9.17, 15) is 14.4 Å². The molecule has 4 aliphatic heterocycles. The summed E-state index contributed by atoms with van der Waals surface area (Å²) in [5.74, 6) is -1.14. The molecule has 1 saturated heterocycles. The molecular weight excluding hydrogens is 552 g/mol. The Hall–Kier alpha value is -3.01. The van der Waals surface area contributed by atoms with E-state index in [1.165, 1.54) is 25.5 Å². The van der Waals surface area contributed by atoms with Crippen molar-refractivity contribution >= 4 is 17.9 Å². The second-order valence-electron chi connectivity index (χ2n) is 12.2. The van der Waals surface area contributed by atoms with E-state index in [-0.39, 0.29) is 30.8 Å². The summed E-state index contributed by atoms with van der Waals surface area (Å²) in [6.07, 6.45) is 14.1. The highest BCUT2D eigenvalue weighted by molar-refractivity contribution is 5.82. The zero-order valence-corrected chi connectivity index (χ0v) is 25.8. The Labute approximate surface area is 254 Å². The molecule has 0 aromatic heterocycles. The van der Waals surface area contributed by atoms with Gasteiger partial charge in [0.1, 0.15) is 18.3 Å². The summed E-state index contributed by atoms with van der Waals surface area (Å²) in [5.41, 5.74) is 2.18. The van der Waals surface area contributed by atoms with Gasteiger partial charge in [-0.3, -0.25) is 9.59 Å². The number of fused-ring (bicyclic) bond motifs is 3. The van der Waals surface area contributed by atoms with Crippen molar-refractivity contribution in [2.45, 2.75) is 121 Å². The lowest BCUT2D eigenvalue weighted by Gasteiger charge is -2.28. The van der Waals surface area contributed by atoms with Gasteiger partial charge < -0.3 is 28.4 Å². The van der Waals surface area contributed by atoms with E-state index in [1.807, 2.05) is 25.2 Å². The first-order valence-electron chi connectivity index (χ1n) is 15.4. The van der Waals surface area contributed by atoms with Gasteiger partial charge in [0.05, 0.1) is 31.0 Å². The Morgan fingerprint density at radius 1 is 1.07 bits per heavy atom. The summed E-state index contributed by atoms with van der Waals surface area (Å²) >= 11 is 0. The standard InChI is InChI=1S/C34H46O9/c1-21-14-15-38-27(17-21)12-13-29(39-24(4)35)30-20-32-34(43-32)31(40-25(5)36)19-23(3)16-22(2)18-28-10-6-8-26(41-28)9-7-11-33(37)42-30/h6-8,11-14,22,26-32,34H,3,9-10,15-20H2,1-2,4-5H3. The molecule has 0 N–H and O–H groups in total. The lowest BCUT2D eigenvalue weighted by Crippen LogP contribution is -2.36. The van der Waals surface area contributed by atoms with Crippen LogP contribution in [0.15, 0.2) is 60.3 Å². The van der Waals surface area contributed by atoms with Gasteiger partial charge in [-0.25, -0.2) is 4.79 Å². The Balaban J connectivity index is 1.57. The third-order valence-corrected chi connectivity index (χ3v) is 8.02. The summed E-state index contributed by atoms with van der Waals surface area (Å²) < 4.78 is 35.3. The second-order valence-corrected chi connectivity index (χ2v) is 12.2. The van der Waals surface area contributed by atoms with Gasteiger partial charge >= 0.3 is 17.9 Å². The van der Waals surface area contributed by atoms with Crippen LogP contribution in [0.3, 0.4) is 0 Å². The quantitative estimate of drug-likeness (QED) is 0.181. The minimum absolute atomic E-state index is 0.0746. The number of epoxide rings is 1. The number of ether oxygens (including phenoxy) is 6. The Bertz CT molecular complexity index is 1130. The van der Waals surface area contributed by atoms with Gasteiger partial charge in [-0.05, 0) is 51.0 Å². The van der Waals surface area contributed by atoms with Crippen molar-refractivity contribution in [2.24, 2.45) is 5.92 Å². The molecule has 0 spiro atoms. The molecule has 9 unspecified atom stereocenters. The van der Waals surface area contributed by atoms with E-state index in [4.69, 9.17) is 28.4 Å². The molecular formula is C34H46O9. The van der Waals surface area contributed by atoms with Crippen LogP contribution in [0, 0.1) is 5.92 Å². The van der Waals surface area contributed by atoms with Crippen LogP contribution >= 0.6 is 0 Å². The van der Waals surface area contributed by atoms with Crippen molar-refractivity contribution < 1.29 is 42.8 Å². The van der Waals surface area contributed by atoms with Crippen molar-refractivity contribution in [1.82, 2.24) is 0 Å². The van der Waals surface area contributed by atoms with Crippen LogP contribution in [0.1, 0.15) is 72.6 Å². The molecule has 43 heavy (non-hydrogen) atoms. The summed E-state index contributed by atoms with van der Waals surface area (Å²) in [6, 6.07) is 0. The van der Waals surface area contributed by atoms with Gasteiger partial charge in [-0.15, -0.1) is 0 Å². The molecule has 2 bridgehead atoms. The van der Waals surface area contributed by atoms with Crippen molar-refractivity contribution in [3.63, 3.8) is 0 Å². The number of cyclic esters (lactones) is 1. The third kappa shape index (κ3) is 10.9. The highest BCUT2D eigenvalue weighted by atomic mass is 16.6. The van der Waals surface area contributed by atoms with Crippen LogP contribution < -0.4 is 0 Å². The smallest absolute Gasteiger partial charge is 0.330 e. The maximum atomic E-state index is 13.0. The zero-order chi connectivity index (χ0) is 30.9. The average Bonchev–Trinajstić information content (AvgIpc) is 3.68. The van der Waals surface area contributed by atoms with Crippen molar-refractivity contribution in [2.75, 3.05) is 6.61 Å². The average molecular weight is 599 g/mol. The van der Waals surface area contributed by atoms with Gasteiger partial charge in [-0.1, -0.05) is 55.0 Å². The zero-order valence-electron chi connectivity index (χ0n) is 25.8. The Morgan fingerprint density at radius 3 is 2.63 bits per heavy atom. The van der Waals surface area contributed by atoms with Gasteiger partial charge in [-0.2, -0.15) is 0 Å². The van der Waals surface area contributed by atoms with E-state index in [0.717, 1.165) is 31.3 Å². The molecule has 236 valence electrons. The van der Waals surface area contributed by atoms with Crippen molar-refractivity contribution in [1.29, 1.82) is 0 Å². The van der Waals surface area contributed by atoms with Crippen LogP contribution in [0.2, 0.25) is 0 Å². The van der Waals surface area contributed by atoms with Gasteiger partial charge in [0.15, 0.2) is 6.10 Å². The third-order valence-electron chi connectivity index (χ3n) is 8.02. The lowest BCUT2D eigenvalue weighted by molar-refractivity contribution is -0.160. The first-order valence-corrected chi connectivity index (χ1v) is 15.4. The normalized spacial score (nSPS) is 34.7. The predicted molar refractivity (Wildman–Crippen MR) is 160 cm³/mol. The summed E-state index contributed by atoms with van der Waals surface area (Å²) in [4.78, 5) is 37.2. The molecule has 1 fully saturated rings. The minimum atomic E-state index is -0.867. The first-order chi connectivity index (χ1) is 20.5. The molecule has 0 aliphatic carbocycles. The Kier molecular flexibility index (Phi) is 12.0. The monoisotopic (exact) mass is 598 g/mol. The maximum Gasteiger partial charge on any atom is 0.330 e. The van der Waals surface area contributed by atoms with Gasteiger partial charge in [0.25, 0.3) is 0 Å². The number of hydrogen-bond acceptors (Lipinski definition) is 9. The van der Waals surface area contributed by atoms with Crippen LogP contribution in [-0.2, 0) is 42.8 Å². The number of carbonyl (C=O) groups excluding carboxylic acids is 3. The van der Waals surface area contributed by atoms with Gasteiger partial charge in [0.2, 0.25) is 0 Å². The summed E-state index contributed by atoms with van der Waals surface area (Å²) in [7, 11) is 0. The fourth-order valence-corrected chi connectivity index (χ4v) is 6.05. The first kappa shape index (κ1) is 32.9. The number of esters is 3. The molecule has 0 aromatic rings. The molecule has 0 amide bonds. The molecule has 0 saturated carbocycles. The molecule has 4 heterocycles. The van der Waals surface area contributed by atoms with Crippen molar-refractivity contribution in [3.05, 3.63) is 60.3 Å². The largest absolute Gasteiger partial charge is 0.459 e. The number of carbonyl (C=O) groups is 3. The maximum absolute atomic E-state index is 13.0. The van der Waals surface area contributed by atoms with Gasteiger partial charge in [0, 0.05) is 32.8 Å². The molecule has 9 heteroatoms. The van der Waals surface area contributed by atoms with Crippen LogP contribution in [0.4, 0.5) is 0 Å². The fourth-order valence-electron chi connectivity index (χ4n) is 6.05. The van der Waals surface area contributed by atoms with Crippen LogP contribution in [0.5, 0.6) is 0 Å². The summed E-state index contributed by atoms with van der Waals surface area (Å²) in [6.45, 7) is 11.7. The number of hydrogen-bond donors (Lipinski definition) is 0. The second kappa shape index (κ2) is 15.6. The minimum Gasteiger partial charge on any atom is -0.459 e. The highest BCUT2D eigenvalue weighted by Crippen LogP contribution is 2.37. The predicted octanol–water partition coefficient (Wildman–Crippen LogP) is 5.25. The lowest BCUT2D eigenvalue weighted by atomic mass is 9.90. The SMILES string of the molecule is C=C1CC(C)CC2CC=CC(CC=CC(=O)OC(C(C=CC3CC(C)=CCO3)OC(C)=O)CC3OC3C(OC(C)=O)C1)O2. The van der Waals surface area contributed by atoms with E-state index in [1.54, 1.807) is 12.2 Å². The molecule has 9 nitrogen and oxygen atoms in total. The Morgan fingerprint density at radius 2 is 1.88 bits per heavy atom. The van der Waals surface area contributed by atoms with E-state index in [0.29, 0.717) is 25.4 Å². The summed E-state index contributed by atoms with van der Waals surface area (Å²) in [5, 5.41) is 0. The highest BCUT2D eigenvalue weighted by Gasteiger charge is 2.49. The van der Waals surface area contributed by atoms with E-state index in [2.05, 4.69) is 19.6 Å². The van der Waals surface area contributed by atoms with Crippen molar-refractivity contribution in [3.8, 4) is 0 Å².